The number of amides is 2. The molecule has 29 heavy (non-hydrogen) atoms. The standard InChI is InChI=1S/C21H19ClN4O3/c1-13-2-8-17(9-3-13)26-12-15(11-19(26)28)20-24-25-21(29-20)23-18(27)10-14-4-6-16(22)7-5-14/h2-9,15H,10-12H2,1H3,(H,23,25,27). The van der Waals surface area contributed by atoms with E-state index in [1.165, 1.54) is 0 Å². The first-order valence-electron chi connectivity index (χ1n) is 9.22. The second-order valence-electron chi connectivity index (χ2n) is 7.04. The zero-order valence-corrected chi connectivity index (χ0v) is 16.5. The highest BCUT2D eigenvalue weighted by molar-refractivity contribution is 6.30. The molecular formula is C21H19ClN4O3. The van der Waals surface area contributed by atoms with Crippen molar-refractivity contribution in [2.75, 3.05) is 16.8 Å². The number of aryl methyl sites for hydroxylation is 1. The third kappa shape index (κ3) is 4.46. The summed E-state index contributed by atoms with van der Waals surface area (Å²) in [5, 5.41) is 11.1. The van der Waals surface area contributed by atoms with Gasteiger partial charge in [-0.1, -0.05) is 46.5 Å². The number of hydrogen-bond acceptors (Lipinski definition) is 5. The summed E-state index contributed by atoms with van der Waals surface area (Å²) in [5.74, 6) is -0.135. The zero-order valence-electron chi connectivity index (χ0n) is 15.8. The summed E-state index contributed by atoms with van der Waals surface area (Å²) in [4.78, 5) is 26.3. The number of carbonyl (C=O) groups excluding carboxylic acids is 2. The Morgan fingerprint density at radius 2 is 1.90 bits per heavy atom. The highest BCUT2D eigenvalue weighted by Gasteiger charge is 2.35. The van der Waals surface area contributed by atoms with Crippen molar-refractivity contribution in [2.45, 2.75) is 25.7 Å². The van der Waals surface area contributed by atoms with Crippen molar-refractivity contribution in [1.82, 2.24) is 10.2 Å². The van der Waals surface area contributed by atoms with Gasteiger partial charge in [-0.25, -0.2) is 0 Å². The van der Waals surface area contributed by atoms with E-state index >= 15 is 0 Å². The molecule has 1 N–H and O–H groups in total. The highest BCUT2D eigenvalue weighted by atomic mass is 35.5. The van der Waals surface area contributed by atoms with Gasteiger partial charge in [-0.15, -0.1) is 5.10 Å². The molecule has 2 aromatic carbocycles. The van der Waals surface area contributed by atoms with Crippen LogP contribution in [0.15, 0.2) is 52.9 Å². The summed E-state index contributed by atoms with van der Waals surface area (Å²) in [6, 6.07) is 14.8. The number of anilines is 2. The minimum Gasteiger partial charge on any atom is -0.407 e. The Labute approximate surface area is 172 Å². The van der Waals surface area contributed by atoms with Crippen LogP contribution >= 0.6 is 11.6 Å². The van der Waals surface area contributed by atoms with E-state index in [1.54, 1.807) is 29.2 Å². The Kier molecular flexibility index (Phi) is 5.31. The van der Waals surface area contributed by atoms with Gasteiger partial charge in [0, 0.05) is 23.7 Å². The van der Waals surface area contributed by atoms with Crippen molar-refractivity contribution in [1.29, 1.82) is 0 Å². The summed E-state index contributed by atoms with van der Waals surface area (Å²) in [5.41, 5.74) is 2.80. The van der Waals surface area contributed by atoms with Crippen molar-refractivity contribution in [3.63, 3.8) is 0 Å². The number of rotatable bonds is 5. The average molecular weight is 411 g/mol. The number of halogens is 1. The number of nitrogens with zero attached hydrogens (tertiary/aromatic N) is 3. The van der Waals surface area contributed by atoms with Gasteiger partial charge >= 0.3 is 6.01 Å². The summed E-state index contributed by atoms with van der Waals surface area (Å²) in [6.45, 7) is 2.46. The number of carbonyl (C=O) groups is 2. The molecule has 0 radical (unpaired) electrons. The molecule has 0 aliphatic carbocycles. The normalized spacial score (nSPS) is 16.3. The van der Waals surface area contributed by atoms with Gasteiger partial charge in [0.2, 0.25) is 17.7 Å². The second-order valence-corrected chi connectivity index (χ2v) is 7.47. The van der Waals surface area contributed by atoms with E-state index in [2.05, 4.69) is 15.5 Å². The molecule has 148 valence electrons. The van der Waals surface area contributed by atoms with E-state index in [1.807, 2.05) is 31.2 Å². The lowest BCUT2D eigenvalue weighted by molar-refractivity contribution is -0.117. The van der Waals surface area contributed by atoms with E-state index in [0.29, 0.717) is 17.5 Å². The first-order chi connectivity index (χ1) is 14.0. The molecule has 1 fully saturated rings. The maximum Gasteiger partial charge on any atom is 0.322 e. The summed E-state index contributed by atoms with van der Waals surface area (Å²) in [6.07, 6.45) is 0.451. The second kappa shape index (κ2) is 8.05. The quantitative estimate of drug-likeness (QED) is 0.692. The zero-order chi connectivity index (χ0) is 20.4. The van der Waals surface area contributed by atoms with E-state index in [9.17, 15) is 9.59 Å². The molecule has 2 amide bonds. The summed E-state index contributed by atoms with van der Waals surface area (Å²) >= 11 is 5.85. The molecule has 8 heteroatoms. The number of nitrogens with one attached hydrogen (secondary N) is 1. The molecule has 7 nitrogen and oxygen atoms in total. The predicted octanol–water partition coefficient (Wildman–Crippen LogP) is 3.73. The Hall–Kier alpha value is -3.19. The van der Waals surface area contributed by atoms with Gasteiger partial charge in [0.05, 0.1) is 12.3 Å². The van der Waals surface area contributed by atoms with Crippen LogP contribution in [0.4, 0.5) is 11.7 Å². The molecule has 0 bridgehead atoms. The molecule has 1 aliphatic rings. The highest BCUT2D eigenvalue weighted by Crippen LogP contribution is 2.31. The van der Waals surface area contributed by atoms with Crippen LogP contribution in [-0.2, 0) is 16.0 Å². The molecule has 1 aliphatic heterocycles. The Balaban J connectivity index is 1.38. The molecule has 2 heterocycles. The molecule has 1 saturated heterocycles. The van der Waals surface area contributed by atoms with Gasteiger partial charge in [-0.3, -0.25) is 14.9 Å². The number of benzene rings is 2. The largest absolute Gasteiger partial charge is 0.407 e. The van der Waals surface area contributed by atoms with Gasteiger partial charge < -0.3 is 9.32 Å². The molecule has 1 unspecified atom stereocenters. The van der Waals surface area contributed by atoms with Gasteiger partial charge in [0.15, 0.2) is 0 Å². The van der Waals surface area contributed by atoms with Crippen LogP contribution in [0, 0.1) is 6.92 Å². The third-order valence-electron chi connectivity index (χ3n) is 4.78. The lowest BCUT2D eigenvalue weighted by atomic mass is 10.1. The minimum absolute atomic E-state index is 0.00498. The lowest BCUT2D eigenvalue weighted by Gasteiger charge is -2.16. The molecule has 0 spiro atoms. The maximum absolute atomic E-state index is 12.4. The topological polar surface area (TPSA) is 88.3 Å². The Bertz CT molecular complexity index is 1030. The van der Waals surface area contributed by atoms with Crippen molar-refractivity contribution < 1.29 is 14.0 Å². The predicted molar refractivity (Wildman–Crippen MR) is 109 cm³/mol. The van der Waals surface area contributed by atoms with Crippen LogP contribution in [0.5, 0.6) is 0 Å². The van der Waals surface area contributed by atoms with Crippen molar-refractivity contribution in [3.8, 4) is 0 Å². The van der Waals surface area contributed by atoms with E-state index < -0.39 is 0 Å². The molecule has 4 rings (SSSR count). The van der Waals surface area contributed by atoms with Crippen LogP contribution < -0.4 is 10.2 Å². The fourth-order valence-electron chi connectivity index (χ4n) is 3.25. The SMILES string of the molecule is Cc1ccc(N2CC(c3nnc(NC(=O)Cc4ccc(Cl)cc4)o3)CC2=O)cc1. The molecule has 3 aromatic rings. The van der Waals surface area contributed by atoms with Crippen LogP contribution in [-0.4, -0.2) is 28.6 Å². The van der Waals surface area contributed by atoms with Gasteiger partial charge in [0.1, 0.15) is 0 Å². The van der Waals surface area contributed by atoms with Crippen LogP contribution in [0.3, 0.4) is 0 Å². The monoisotopic (exact) mass is 410 g/mol. The van der Waals surface area contributed by atoms with E-state index in [0.717, 1.165) is 16.8 Å². The van der Waals surface area contributed by atoms with Crippen molar-refractivity contribution in [2.24, 2.45) is 0 Å². The molecule has 1 atom stereocenters. The maximum atomic E-state index is 12.4. The van der Waals surface area contributed by atoms with Crippen LogP contribution in [0.25, 0.3) is 0 Å². The average Bonchev–Trinajstić information content (AvgIpc) is 3.31. The summed E-state index contributed by atoms with van der Waals surface area (Å²) in [7, 11) is 0. The van der Waals surface area contributed by atoms with Crippen molar-refractivity contribution in [3.05, 3.63) is 70.6 Å². The Morgan fingerprint density at radius 1 is 1.17 bits per heavy atom. The van der Waals surface area contributed by atoms with Gasteiger partial charge in [-0.05, 0) is 36.8 Å². The summed E-state index contributed by atoms with van der Waals surface area (Å²) < 4.78 is 5.59. The lowest BCUT2D eigenvalue weighted by Crippen LogP contribution is -2.24. The third-order valence-corrected chi connectivity index (χ3v) is 5.04. The fourth-order valence-corrected chi connectivity index (χ4v) is 3.37. The molecule has 0 saturated carbocycles. The van der Waals surface area contributed by atoms with Crippen molar-refractivity contribution >= 4 is 35.1 Å². The number of aromatic nitrogens is 2. The fraction of sp³-hybridized carbons (Fsp3) is 0.238. The minimum atomic E-state index is -0.272. The van der Waals surface area contributed by atoms with Gasteiger partial charge in [0.25, 0.3) is 0 Å². The van der Waals surface area contributed by atoms with E-state index in [4.69, 9.17) is 16.0 Å². The smallest absolute Gasteiger partial charge is 0.322 e. The van der Waals surface area contributed by atoms with E-state index in [-0.39, 0.29) is 36.6 Å². The van der Waals surface area contributed by atoms with Gasteiger partial charge in [-0.2, -0.15) is 0 Å². The number of hydrogen-bond donors (Lipinski definition) is 1. The Morgan fingerprint density at radius 3 is 2.62 bits per heavy atom. The molecular weight excluding hydrogens is 392 g/mol. The first kappa shape index (κ1) is 19.1. The van der Waals surface area contributed by atoms with Crippen LogP contribution in [0.2, 0.25) is 5.02 Å². The van der Waals surface area contributed by atoms with Crippen LogP contribution in [0.1, 0.15) is 29.4 Å². The molecule has 1 aromatic heterocycles. The first-order valence-corrected chi connectivity index (χ1v) is 9.60.